The molecule has 0 amide bonds. The molecule has 0 aliphatic rings. The second-order valence-corrected chi connectivity index (χ2v) is 5.22. The number of nitrogens with one attached hydrogen (secondary N) is 1. The molecule has 1 N–H and O–H groups in total. The molecule has 16 heavy (non-hydrogen) atoms. The molecule has 2 aromatic heterocycles. The molecule has 0 aliphatic heterocycles. The van der Waals surface area contributed by atoms with Crippen LogP contribution < -0.4 is 5.32 Å². The highest BCUT2D eigenvalue weighted by Crippen LogP contribution is 2.26. The van der Waals surface area contributed by atoms with E-state index >= 15 is 0 Å². The van der Waals surface area contributed by atoms with Gasteiger partial charge in [-0.25, -0.2) is 9.67 Å². The van der Waals surface area contributed by atoms with Crippen molar-refractivity contribution in [3.05, 3.63) is 26.4 Å². The van der Waals surface area contributed by atoms with E-state index in [1.54, 1.807) is 16.0 Å². The first-order valence-electron chi connectivity index (χ1n) is 4.78. The fraction of sp³-hybridized carbons (Fsp3) is 0.444. The van der Waals surface area contributed by atoms with Crippen molar-refractivity contribution >= 4 is 27.3 Å². The van der Waals surface area contributed by atoms with Crippen LogP contribution in [0.15, 0.2) is 9.98 Å². The second-order valence-electron chi connectivity index (χ2n) is 3.40. The van der Waals surface area contributed by atoms with Crippen molar-refractivity contribution in [2.45, 2.75) is 13.0 Å². The minimum atomic E-state index is 0.0133. The van der Waals surface area contributed by atoms with Gasteiger partial charge in [0.1, 0.15) is 0 Å². The van der Waals surface area contributed by atoms with Gasteiger partial charge in [-0.3, -0.25) is 0 Å². The molecule has 0 aromatic carbocycles. The first kappa shape index (κ1) is 11.7. The zero-order chi connectivity index (χ0) is 11.7. The van der Waals surface area contributed by atoms with Gasteiger partial charge in [-0.1, -0.05) is 5.21 Å². The molecule has 2 heterocycles. The van der Waals surface area contributed by atoms with Gasteiger partial charge in [-0.05, 0) is 29.9 Å². The number of rotatable bonds is 3. The van der Waals surface area contributed by atoms with Crippen molar-refractivity contribution < 1.29 is 0 Å². The van der Waals surface area contributed by atoms with Crippen molar-refractivity contribution in [2.24, 2.45) is 7.05 Å². The van der Waals surface area contributed by atoms with Crippen LogP contribution in [0.4, 0.5) is 0 Å². The van der Waals surface area contributed by atoms with E-state index in [1.807, 2.05) is 21.0 Å². The number of aromatic nitrogens is 4. The predicted octanol–water partition coefficient (Wildman–Crippen LogP) is 1.65. The molecule has 86 valence electrons. The average Bonchev–Trinajstić information content (AvgIpc) is 2.80. The third kappa shape index (κ3) is 2.02. The van der Waals surface area contributed by atoms with Gasteiger partial charge in [0.15, 0.2) is 4.60 Å². The van der Waals surface area contributed by atoms with Crippen LogP contribution in [0.1, 0.15) is 22.4 Å². The van der Waals surface area contributed by atoms with Crippen molar-refractivity contribution in [3.8, 4) is 0 Å². The summed E-state index contributed by atoms with van der Waals surface area (Å²) in [6.07, 6.45) is 0. The van der Waals surface area contributed by atoms with Crippen molar-refractivity contribution in [1.82, 2.24) is 25.3 Å². The summed E-state index contributed by atoms with van der Waals surface area (Å²) < 4.78 is 2.50. The van der Waals surface area contributed by atoms with E-state index in [1.165, 1.54) is 0 Å². The number of hydrogen-bond acceptors (Lipinski definition) is 5. The number of thiazole rings is 1. The summed E-state index contributed by atoms with van der Waals surface area (Å²) in [5.41, 5.74) is 1.98. The topological polar surface area (TPSA) is 55.6 Å². The van der Waals surface area contributed by atoms with E-state index in [9.17, 15) is 0 Å². The third-order valence-electron chi connectivity index (χ3n) is 2.32. The Bertz CT molecular complexity index is 472. The zero-order valence-corrected chi connectivity index (χ0v) is 11.6. The molecule has 1 unspecified atom stereocenters. The summed E-state index contributed by atoms with van der Waals surface area (Å²) >= 11 is 5.04. The molecule has 0 fully saturated rings. The Hall–Kier alpha value is -0.790. The molecule has 2 aromatic rings. The molecule has 0 spiro atoms. The van der Waals surface area contributed by atoms with E-state index in [0.717, 1.165) is 21.0 Å². The van der Waals surface area contributed by atoms with Crippen LogP contribution in [0.5, 0.6) is 0 Å². The van der Waals surface area contributed by atoms with Crippen LogP contribution >= 0.6 is 27.3 Å². The lowest BCUT2D eigenvalue weighted by atomic mass is 10.1. The lowest BCUT2D eigenvalue weighted by Crippen LogP contribution is -2.21. The van der Waals surface area contributed by atoms with Crippen molar-refractivity contribution in [1.29, 1.82) is 0 Å². The number of halogens is 1. The molecule has 1 atom stereocenters. The standard InChI is InChI=1S/C9H12BrN5S/c1-5-12-6(4-16-5)7(11-2)8-9(10)13-14-15(8)3/h4,7,11H,1-3H3. The Kier molecular flexibility index (Phi) is 3.36. The maximum atomic E-state index is 4.49. The van der Waals surface area contributed by atoms with Gasteiger partial charge < -0.3 is 5.32 Å². The number of aryl methyl sites for hydroxylation is 2. The Morgan fingerprint density at radius 2 is 2.31 bits per heavy atom. The SMILES string of the molecule is CNC(c1csc(C)n1)c1c(Br)nnn1C. The predicted molar refractivity (Wildman–Crippen MR) is 66.5 cm³/mol. The van der Waals surface area contributed by atoms with E-state index in [0.29, 0.717) is 0 Å². The minimum absolute atomic E-state index is 0.0133. The first-order chi connectivity index (χ1) is 7.63. The Labute approximate surface area is 106 Å². The van der Waals surface area contributed by atoms with E-state index in [-0.39, 0.29) is 6.04 Å². The molecular formula is C9H12BrN5S. The summed E-state index contributed by atoms with van der Waals surface area (Å²) in [6.45, 7) is 2.00. The quantitative estimate of drug-likeness (QED) is 0.937. The van der Waals surface area contributed by atoms with Crippen LogP contribution in [-0.2, 0) is 7.05 Å². The summed E-state index contributed by atoms with van der Waals surface area (Å²) in [7, 11) is 3.77. The number of hydrogen-bond donors (Lipinski definition) is 1. The molecule has 7 heteroatoms. The van der Waals surface area contributed by atoms with Crippen molar-refractivity contribution in [2.75, 3.05) is 7.05 Å². The molecule has 2 rings (SSSR count). The fourth-order valence-electron chi connectivity index (χ4n) is 1.58. The highest BCUT2D eigenvalue weighted by molar-refractivity contribution is 9.10. The van der Waals surface area contributed by atoms with Gasteiger partial charge in [0, 0.05) is 12.4 Å². The normalized spacial score (nSPS) is 13.0. The van der Waals surface area contributed by atoms with Crippen LogP contribution in [0.2, 0.25) is 0 Å². The lowest BCUT2D eigenvalue weighted by Gasteiger charge is -2.13. The third-order valence-corrected chi connectivity index (χ3v) is 3.68. The molecule has 0 saturated heterocycles. The van der Waals surface area contributed by atoms with Gasteiger partial charge in [-0.2, -0.15) is 0 Å². The smallest absolute Gasteiger partial charge is 0.153 e. The number of nitrogens with zero attached hydrogens (tertiary/aromatic N) is 4. The maximum Gasteiger partial charge on any atom is 0.153 e. The van der Waals surface area contributed by atoms with Gasteiger partial charge in [-0.15, -0.1) is 16.4 Å². The Balaban J connectivity index is 2.44. The molecule has 0 bridgehead atoms. The van der Waals surface area contributed by atoms with E-state index in [2.05, 4.69) is 41.9 Å². The monoisotopic (exact) mass is 301 g/mol. The zero-order valence-electron chi connectivity index (χ0n) is 9.23. The van der Waals surface area contributed by atoms with E-state index in [4.69, 9.17) is 0 Å². The molecule has 0 radical (unpaired) electrons. The van der Waals surface area contributed by atoms with Gasteiger partial charge >= 0.3 is 0 Å². The second kappa shape index (κ2) is 4.60. The molecule has 0 saturated carbocycles. The summed E-state index contributed by atoms with van der Waals surface area (Å²) in [5, 5.41) is 14.3. The Morgan fingerprint density at radius 3 is 2.75 bits per heavy atom. The van der Waals surface area contributed by atoms with Gasteiger partial charge in [0.05, 0.1) is 22.4 Å². The minimum Gasteiger partial charge on any atom is -0.307 e. The largest absolute Gasteiger partial charge is 0.307 e. The van der Waals surface area contributed by atoms with Gasteiger partial charge in [0.2, 0.25) is 0 Å². The van der Waals surface area contributed by atoms with Crippen LogP contribution in [0.3, 0.4) is 0 Å². The highest BCUT2D eigenvalue weighted by atomic mass is 79.9. The Morgan fingerprint density at radius 1 is 1.56 bits per heavy atom. The van der Waals surface area contributed by atoms with Gasteiger partial charge in [0.25, 0.3) is 0 Å². The summed E-state index contributed by atoms with van der Waals surface area (Å²) in [4.78, 5) is 4.49. The summed E-state index contributed by atoms with van der Waals surface area (Å²) in [6, 6.07) is 0.0133. The van der Waals surface area contributed by atoms with E-state index < -0.39 is 0 Å². The van der Waals surface area contributed by atoms with Crippen LogP contribution in [0, 0.1) is 6.92 Å². The average molecular weight is 302 g/mol. The fourth-order valence-corrected chi connectivity index (χ4v) is 2.78. The maximum absolute atomic E-state index is 4.49. The van der Waals surface area contributed by atoms with Crippen LogP contribution in [0.25, 0.3) is 0 Å². The first-order valence-corrected chi connectivity index (χ1v) is 6.45. The lowest BCUT2D eigenvalue weighted by molar-refractivity contribution is 0.588. The molecule has 5 nitrogen and oxygen atoms in total. The highest BCUT2D eigenvalue weighted by Gasteiger charge is 2.22. The molecule has 0 aliphatic carbocycles. The molecular weight excluding hydrogens is 290 g/mol. The summed E-state index contributed by atoms with van der Waals surface area (Å²) in [5.74, 6) is 0. The van der Waals surface area contributed by atoms with Crippen molar-refractivity contribution in [3.63, 3.8) is 0 Å². The van der Waals surface area contributed by atoms with Crippen LogP contribution in [-0.4, -0.2) is 27.0 Å².